The van der Waals surface area contributed by atoms with Gasteiger partial charge in [-0.1, -0.05) is 32.0 Å². The van der Waals surface area contributed by atoms with Crippen LogP contribution in [0.25, 0.3) is 11.0 Å². The monoisotopic (exact) mass is 261 g/mol. The molecule has 2 aromatic rings. The van der Waals surface area contributed by atoms with Crippen LogP contribution in [0.5, 0.6) is 0 Å². The SMILES string of the molecule is CCOCc1oc2ccccc2c1CNCC(C)C. The minimum atomic E-state index is 0.546. The van der Waals surface area contributed by atoms with Gasteiger partial charge in [-0.2, -0.15) is 0 Å². The maximum atomic E-state index is 5.89. The molecule has 2 rings (SSSR count). The van der Waals surface area contributed by atoms with Crippen molar-refractivity contribution < 1.29 is 9.15 Å². The minimum Gasteiger partial charge on any atom is -0.458 e. The van der Waals surface area contributed by atoms with Crippen LogP contribution in [0.2, 0.25) is 0 Å². The van der Waals surface area contributed by atoms with E-state index in [-0.39, 0.29) is 0 Å². The molecule has 0 spiro atoms. The lowest BCUT2D eigenvalue weighted by Gasteiger charge is -2.08. The first-order valence-corrected chi connectivity index (χ1v) is 7.00. The molecule has 0 saturated heterocycles. The molecular weight excluding hydrogens is 238 g/mol. The fourth-order valence-electron chi connectivity index (χ4n) is 2.14. The predicted octanol–water partition coefficient (Wildman–Crippen LogP) is 3.71. The summed E-state index contributed by atoms with van der Waals surface area (Å²) in [5.74, 6) is 1.59. The largest absolute Gasteiger partial charge is 0.458 e. The van der Waals surface area contributed by atoms with Crippen molar-refractivity contribution in [3.63, 3.8) is 0 Å². The number of ether oxygens (including phenoxy) is 1. The second-order valence-electron chi connectivity index (χ2n) is 5.16. The van der Waals surface area contributed by atoms with Crippen LogP contribution in [0.15, 0.2) is 28.7 Å². The Balaban J connectivity index is 2.21. The molecule has 0 aliphatic carbocycles. The van der Waals surface area contributed by atoms with Gasteiger partial charge < -0.3 is 14.5 Å². The second kappa shape index (κ2) is 6.73. The summed E-state index contributed by atoms with van der Waals surface area (Å²) < 4.78 is 11.4. The summed E-state index contributed by atoms with van der Waals surface area (Å²) in [6.07, 6.45) is 0. The molecule has 104 valence electrons. The lowest BCUT2D eigenvalue weighted by Crippen LogP contribution is -2.19. The van der Waals surface area contributed by atoms with Gasteiger partial charge in [0.2, 0.25) is 0 Å². The van der Waals surface area contributed by atoms with E-state index >= 15 is 0 Å². The van der Waals surface area contributed by atoms with Crippen LogP contribution in [0.1, 0.15) is 32.1 Å². The Hall–Kier alpha value is -1.32. The molecule has 1 N–H and O–H groups in total. The van der Waals surface area contributed by atoms with E-state index in [2.05, 4.69) is 25.2 Å². The van der Waals surface area contributed by atoms with Gasteiger partial charge in [-0.15, -0.1) is 0 Å². The molecule has 0 amide bonds. The van der Waals surface area contributed by atoms with Crippen LogP contribution in [0, 0.1) is 5.92 Å². The van der Waals surface area contributed by atoms with Gasteiger partial charge in [0, 0.05) is 24.1 Å². The van der Waals surface area contributed by atoms with Gasteiger partial charge >= 0.3 is 0 Å². The van der Waals surface area contributed by atoms with E-state index in [0.29, 0.717) is 19.1 Å². The Labute approximate surface area is 114 Å². The van der Waals surface area contributed by atoms with Gasteiger partial charge in [0.25, 0.3) is 0 Å². The Morgan fingerprint density at radius 3 is 2.79 bits per heavy atom. The lowest BCUT2D eigenvalue weighted by molar-refractivity contribution is 0.118. The molecule has 1 aromatic carbocycles. The number of benzene rings is 1. The fraction of sp³-hybridized carbons (Fsp3) is 0.500. The summed E-state index contributed by atoms with van der Waals surface area (Å²) in [6, 6.07) is 8.17. The molecule has 1 heterocycles. The van der Waals surface area contributed by atoms with E-state index in [1.165, 1.54) is 10.9 Å². The third-order valence-corrected chi connectivity index (χ3v) is 3.07. The quantitative estimate of drug-likeness (QED) is 0.825. The van der Waals surface area contributed by atoms with Crippen molar-refractivity contribution in [1.29, 1.82) is 0 Å². The third kappa shape index (κ3) is 3.58. The molecule has 0 aliphatic rings. The maximum Gasteiger partial charge on any atom is 0.135 e. The van der Waals surface area contributed by atoms with Crippen molar-refractivity contribution in [1.82, 2.24) is 5.32 Å². The molecule has 0 saturated carbocycles. The molecule has 19 heavy (non-hydrogen) atoms. The highest BCUT2D eigenvalue weighted by Crippen LogP contribution is 2.26. The van der Waals surface area contributed by atoms with Crippen LogP contribution in [0.3, 0.4) is 0 Å². The molecule has 0 atom stereocenters. The van der Waals surface area contributed by atoms with E-state index in [1.807, 2.05) is 25.1 Å². The van der Waals surface area contributed by atoms with E-state index in [9.17, 15) is 0 Å². The summed E-state index contributed by atoms with van der Waals surface area (Å²) in [6.45, 7) is 9.51. The van der Waals surface area contributed by atoms with Crippen LogP contribution >= 0.6 is 0 Å². The first-order chi connectivity index (χ1) is 9.22. The van der Waals surface area contributed by atoms with Crippen LogP contribution in [-0.2, 0) is 17.9 Å². The van der Waals surface area contributed by atoms with Crippen molar-refractivity contribution in [2.45, 2.75) is 33.9 Å². The van der Waals surface area contributed by atoms with E-state index in [4.69, 9.17) is 9.15 Å². The number of nitrogens with one attached hydrogen (secondary N) is 1. The fourth-order valence-corrected chi connectivity index (χ4v) is 2.14. The van der Waals surface area contributed by atoms with Crippen molar-refractivity contribution >= 4 is 11.0 Å². The van der Waals surface area contributed by atoms with Crippen LogP contribution < -0.4 is 5.32 Å². The Kier molecular flexibility index (Phi) is 5.00. The lowest BCUT2D eigenvalue weighted by atomic mass is 10.1. The number of hydrogen-bond donors (Lipinski definition) is 1. The average Bonchev–Trinajstić information content (AvgIpc) is 2.74. The summed E-state index contributed by atoms with van der Waals surface area (Å²) in [4.78, 5) is 0. The van der Waals surface area contributed by atoms with Crippen molar-refractivity contribution in [3.05, 3.63) is 35.6 Å². The summed E-state index contributed by atoms with van der Waals surface area (Å²) >= 11 is 0. The molecule has 0 unspecified atom stereocenters. The third-order valence-electron chi connectivity index (χ3n) is 3.07. The molecule has 0 aliphatic heterocycles. The summed E-state index contributed by atoms with van der Waals surface area (Å²) in [7, 11) is 0. The number of hydrogen-bond acceptors (Lipinski definition) is 3. The van der Waals surface area contributed by atoms with Crippen LogP contribution in [-0.4, -0.2) is 13.2 Å². The number of para-hydroxylation sites is 1. The highest BCUT2D eigenvalue weighted by molar-refractivity contribution is 5.82. The number of rotatable bonds is 7. The first kappa shape index (κ1) is 14.1. The van der Waals surface area contributed by atoms with Gasteiger partial charge in [0.05, 0.1) is 0 Å². The van der Waals surface area contributed by atoms with Gasteiger partial charge in [0.1, 0.15) is 18.0 Å². The molecule has 3 nitrogen and oxygen atoms in total. The Bertz CT molecular complexity index is 516. The van der Waals surface area contributed by atoms with E-state index in [1.54, 1.807) is 0 Å². The molecule has 3 heteroatoms. The standard InChI is InChI=1S/C16H23NO2/c1-4-18-11-16-14(10-17-9-12(2)3)13-7-5-6-8-15(13)19-16/h5-8,12,17H,4,9-11H2,1-3H3. The van der Waals surface area contributed by atoms with Crippen molar-refractivity contribution in [3.8, 4) is 0 Å². The smallest absolute Gasteiger partial charge is 0.135 e. The number of furan rings is 1. The Morgan fingerprint density at radius 2 is 2.05 bits per heavy atom. The first-order valence-electron chi connectivity index (χ1n) is 7.00. The number of fused-ring (bicyclic) bond motifs is 1. The minimum absolute atomic E-state index is 0.546. The molecular formula is C16H23NO2. The average molecular weight is 261 g/mol. The highest BCUT2D eigenvalue weighted by Gasteiger charge is 2.13. The van der Waals surface area contributed by atoms with Gasteiger partial charge in [-0.05, 0) is 25.5 Å². The Morgan fingerprint density at radius 1 is 1.26 bits per heavy atom. The zero-order valence-electron chi connectivity index (χ0n) is 12.0. The molecule has 0 fully saturated rings. The summed E-state index contributed by atoms with van der Waals surface area (Å²) in [5.41, 5.74) is 2.17. The predicted molar refractivity (Wildman–Crippen MR) is 78.1 cm³/mol. The van der Waals surface area contributed by atoms with E-state index in [0.717, 1.165) is 24.4 Å². The van der Waals surface area contributed by atoms with Gasteiger partial charge in [-0.25, -0.2) is 0 Å². The van der Waals surface area contributed by atoms with Crippen molar-refractivity contribution in [2.24, 2.45) is 5.92 Å². The zero-order chi connectivity index (χ0) is 13.7. The van der Waals surface area contributed by atoms with E-state index < -0.39 is 0 Å². The normalized spacial score (nSPS) is 11.6. The molecule has 0 bridgehead atoms. The zero-order valence-corrected chi connectivity index (χ0v) is 12.0. The van der Waals surface area contributed by atoms with Crippen LogP contribution in [0.4, 0.5) is 0 Å². The molecule has 1 aromatic heterocycles. The van der Waals surface area contributed by atoms with Gasteiger partial charge in [-0.3, -0.25) is 0 Å². The van der Waals surface area contributed by atoms with Crippen molar-refractivity contribution in [2.75, 3.05) is 13.2 Å². The second-order valence-corrected chi connectivity index (χ2v) is 5.16. The van der Waals surface area contributed by atoms with Gasteiger partial charge in [0.15, 0.2) is 0 Å². The maximum absolute atomic E-state index is 5.89. The highest BCUT2D eigenvalue weighted by atomic mass is 16.5. The summed E-state index contributed by atoms with van der Waals surface area (Å²) in [5, 5.41) is 4.67. The molecule has 0 radical (unpaired) electrons. The topological polar surface area (TPSA) is 34.4 Å².